The fraction of sp³-hybridized carbons (Fsp3) is 1.00. The van der Waals surface area contributed by atoms with Crippen molar-refractivity contribution in [3.8, 4) is 0 Å². The molecule has 0 bridgehead atoms. The third-order valence-corrected chi connectivity index (χ3v) is 3.90. The second-order valence-corrected chi connectivity index (χ2v) is 5.56. The summed E-state index contributed by atoms with van der Waals surface area (Å²) in [7, 11) is 0. The number of rotatable bonds is 4. The number of hydrogen-bond donors (Lipinski definition) is 2. The molecule has 2 saturated carbocycles. The number of nitrogens with zero attached hydrogens (tertiary/aromatic N) is 1. The molecule has 0 aromatic rings. The van der Waals surface area contributed by atoms with Crippen LogP contribution in [0.3, 0.4) is 0 Å². The molecule has 0 aromatic heterocycles. The Morgan fingerprint density at radius 2 is 1.60 bits per heavy atom. The maximum atomic E-state index is 9.33. The summed E-state index contributed by atoms with van der Waals surface area (Å²) in [4.78, 5) is 2.50. The molecular weight excluding hydrogens is 190 g/mol. The van der Waals surface area contributed by atoms with E-state index in [0.29, 0.717) is 18.0 Å². The van der Waals surface area contributed by atoms with E-state index >= 15 is 0 Å². The van der Waals surface area contributed by atoms with Crippen LogP contribution in [0.15, 0.2) is 0 Å². The van der Waals surface area contributed by atoms with Crippen LogP contribution in [0, 0.1) is 5.92 Å². The van der Waals surface area contributed by atoms with E-state index in [4.69, 9.17) is 0 Å². The van der Waals surface area contributed by atoms with Crippen molar-refractivity contribution in [1.82, 2.24) is 4.90 Å². The van der Waals surface area contributed by atoms with Crippen LogP contribution in [0.25, 0.3) is 0 Å². The molecule has 2 N–H and O–H groups in total. The lowest BCUT2D eigenvalue weighted by Gasteiger charge is -2.46. The summed E-state index contributed by atoms with van der Waals surface area (Å²) in [6, 6.07) is 1.14. The van der Waals surface area contributed by atoms with Crippen molar-refractivity contribution in [2.24, 2.45) is 5.92 Å². The SMILES string of the molecule is CC(C)N(CC1CC(O)C1)C1CC(O)C1. The first-order valence-corrected chi connectivity index (χ1v) is 6.18. The highest BCUT2D eigenvalue weighted by molar-refractivity contribution is 4.91. The summed E-state index contributed by atoms with van der Waals surface area (Å²) in [5.74, 6) is 0.681. The minimum atomic E-state index is -0.0665. The third kappa shape index (κ3) is 2.52. The second-order valence-electron chi connectivity index (χ2n) is 5.56. The zero-order chi connectivity index (χ0) is 11.0. The molecule has 2 aliphatic carbocycles. The standard InChI is InChI=1S/C12H23NO2/c1-8(2)13(10-5-12(15)6-10)7-9-3-11(14)4-9/h8-12,14-15H,3-7H2,1-2H3. The predicted octanol–water partition coefficient (Wildman–Crippen LogP) is 0.991. The topological polar surface area (TPSA) is 43.7 Å². The Labute approximate surface area is 92.1 Å². The molecule has 0 aromatic carbocycles. The highest BCUT2D eigenvalue weighted by Crippen LogP contribution is 2.33. The zero-order valence-electron chi connectivity index (χ0n) is 9.76. The number of aliphatic hydroxyl groups is 2. The quantitative estimate of drug-likeness (QED) is 0.732. The van der Waals surface area contributed by atoms with Gasteiger partial charge in [-0.1, -0.05) is 0 Å². The van der Waals surface area contributed by atoms with Crippen molar-refractivity contribution in [1.29, 1.82) is 0 Å². The van der Waals surface area contributed by atoms with Gasteiger partial charge in [-0.2, -0.15) is 0 Å². The zero-order valence-corrected chi connectivity index (χ0v) is 9.76. The first-order valence-electron chi connectivity index (χ1n) is 6.18. The highest BCUT2D eigenvalue weighted by Gasteiger charge is 2.37. The van der Waals surface area contributed by atoms with Crippen molar-refractivity contribution in [3.63, 3.8) is 0 Å². The normalized spacial score (nSPS) is 40.4. The van der Waals surface area contributed by atoms with E-state index in [-0.39, 0.29) is 12.2 Å². The van der Waals surface area contributed by atoms with Gasteiger partial charge in [-0.25, -0.2) is 0 Å². The van der Waals surface area contributed by atoms with Crippen LogP contribution < -0.4 is 0 Å². The summed E-state index contributed by atoms with van der Waals surface area (Å²) in [6.45, 7) is 5.55. The van der Waals surface area contributed by atoms with Crippen molar-refractivity contribution in [2.45, 2.75) is 63.8 Å². The van der Waals surface area contributed by atoms with Gasteiger partial charge in [-0.3, -0.25) is 4.90 Å². The van der Waals surface area contributed by atoms with E-state index in [1.54, 1.807) is 0 Å². The van der Waals surface area contributed by atoms with Crippen LogP contribution in [0.5, 0.6) is 0 Å². The molecule has 88 valence electrons. The summed E-state index contributed by atoms with van der Waals surface area (Å²) in [5.41, 5.74) is 0. The molecule has 2 fully saturated rings. The molecule has 0 radical (unpaired) electrons. The van der Waals surface area contributed by atoms with Crippen molar-refractivity contribution >= 4 is 0 Å². The molecule has 0 amide bonds. The van der Waals surface area contributed by atoms with E-state index < -0.39 is 0 Å². The van der Waals surface area contributed by atoms with Crippen LogP contribution in [0.4, 0.5) is 0 Å². The summed E-state index contributed by atoms with van der Waals surface area (Å²) in [5, 5.41) is 18.6. The van der Waals surface area contributed by atoms with E-state index in [1.807, 2.05) is 0 Å². The first kappa shape index (κ1) is 11.4. The monoisotopic (exact) mass is 213 g/mol. The lowest BCUT2D eigenvalue weighted by molar-refractivity contribution is -0.0409. The van der Waals surface area contributed by atoms with Crippen molar-refractivity contribution < 1.29 is 10.2 Å². The van der Waals surface area contributed by atoms with Gasteiger partial charge in [0.25, 0.3) is 0 Å². The molecule has 0 saturated heterocycles. The molecule has 2 aliphatic rings. The lowest BCUT2D eigenvalue weighted by atomic mass is 9.80. The van der Waals surface area contributed by atoms with Crippen LogP contribution in [0.1, 0.15) is 39.5 Å². The fourth-order valence-corrected chi connectivity index (χ4v) is 2.76. The van der Waals surface area contributed by atoms with Gasteiger partial charge in [0.1, 0.15) is 0 Å². The molecule has 3 nitrogen and oxygen atoms in total. The van der Waals surface area contributed by atoms with Gasteiger partial charge >= 0.3 is 0 Å². The van der Waals surface area contributed by atoms with Gasteiger partial charge in [0.05, 0.1) is 12.2 Å². The molecule has 15 heavy (non-hydrogen) atoms. The smallest absolute Gasteiger partial charge is 0.0570 e. The van der Waals surface area contributed by atoms with Crippen molar-refractivity contribution in [3.05, 3.63) is 0 Å². The van der Waals surface area contributed by atoms with Crippen molar-refractivity contribution in [2.75, 3.05) is 6.54 Å². The third-order valence-electron chi connectivity index (χ3n) is 3.90. The Balaban J connectivity index is 1.79. The predicted molar refractivity (Wildman–Crippen MR) is 59.6 cm³/mol. The molecule has 0 spiro atoms. The fourth-order valence-electron chi connectivity index (χ4n) is 2.76. The Kier molecular flexibility index (Phi) is 3.33. The Bertz CT molecular complexity index is 208. The number of hydrogen-bond acceptors (Lipinski definition) is 3. The average Bonchev–Trinajstić information content (AvgIpc) is 2.05. The Morgan fingerprint density at radius 3 is 2.00 bits per heavy atom. The van der Waals surface area contributed by atoms with Crippen LogP contribution in [0.2, 0.25) is 0 Å². The van der Waals surface area contributed by atoms with E-state index in [9.17, 15) is 10.2 Å². The maximum Gasteiger partial charge on any atom is 0.0570 e. The van der Waals surface area contributed by atoms with E-state index in [0.717, 1.165) is 32.2 Å². The Hall–Kier alpha value is -0.120. The molecule has 0 heterocycles. The summed E-state index contributed by atoms with van der Waals surface area (Å²) < 4.78 is 0. The van der Waals surface area contributed by atoms with Crippen LogP contribution in [-0.2, 0) is 0 Å². The highest BCUT2D eigenvalue weighted by atomic mass is 16.3. The minimum absolute atomic E-state index is 0.0454. The maximum absolute atomic E-state index is 9.33. The van der Waals surface area contributed by atoms with Gasteiger partial charge < -0.3 is 10.2 Å². The molecular formula is C12H23NO2. The van der Waals surface area contributed by atoms with E-state index in [2.05, 4.69) is 18.7 Å². The van der Waals surface area contributed by atoms with Gasteiger partial charge in [0, 0.05) is 18.6 Å². The van der Waals surface area contributed by atoms with Gasteiger partial charge in [-0.15, -0.1) is 0 Å². The summed E-state index contributed by atoms with van der Waals surface area (Å²) in [6.07, 6.45) is 3.71. The first-order chi connectivity index (χ1) is 7.06. The van der Waals surface area contributed by atoms with Gasteiger partial charge in [-0.05, 0) is 45.4 Å². The molecule has 3 heteroatoms. The van der Waals surface area contributed by atoms with Gasteiger partial charge in [0.15, 0.2) is 0 Å². The average molecular weight is 213 g/mol. The summed E-state index contributed by atoms with van der Waals surface area (Å²) >= 11 is 0. The molecule has 0 unspecified atom stereocenters. The molecule has 2 rings (SSSR count). The van der Waals surface area contributed by atoms with Gasteiger partial charge in [0.2, 0.25) is 0 Å². The van der Waals surface area contributed by atoms with Crippen LogP contribution in [-0.4, -0.2) is 45.9 Å². The lowest BCUT2D eigenvalue weighted by Crippen LogP contribution is -2.53. The molecule has 0 atom stereocenters. The second kappa shape index (κ2) is 4.40. The number of aliphatic hydroxyl groups excluding tert-OH is 2. The van der Waals surface area contributed by atoms with Crippen LogP contribution >= 0.6 is 0 Å². The minimum Gasteiger partial charge on any atom is -0.393 e. The largest absolute Gasteiger partial charge is 0.393 e. The Morgan fingerprint density at radius 1 is 1.07 bits per heavy atom. The van der Waals surface area contributed by atoms with E-state index in [1.165, 1.54) is 0 Å². The molecule has 0 aliphatic heterocycles.